The number of aromatic nitrogens is 2. The minimum Gasteiger partial charge on any atom is -0.350 e. The molecule has 1 amide bonds. The maximum atomic E-state index is 14.8. The normalized spacial score (nSPS) is 18.2. The zero-order valence-electron chi connectivity index (χ0n) is 23.4. The van der Waals surface area contributed by atoms with Gasteiger partial charge in [-0.3, -0.25) is 9.69 Å². The summed E-state index contributed by atoms with van der Waals surface area (Å²) in [6.07, 6.45) is 4.48. The van der Waals surface area contributed by atoms with Crippen LogP contribution in [0.5, 0.6) is 0 Å². The number of aryl methyl sites for hydroxylation is 1. The number of halogens is 1. The predicted molar refractivity (Wildman–Crippen MR) is 156 cm³/mol. The summed E-state index contributed by atoms with van der Waals surface area (Å²) >= 11 is 0. The minimum atomic E-state index is -0.314. The molecule has 2 aliphatic heterocycles. The molecule has 3 heterocycles. The standard InChI is InChI=1S/C31H36FN7O/c1-22-4-6-25(16-24(22)7-5-23-18-33-31(34-19-23)36-28-10-11-38(3)21-28)30(40)35-27-9-8-26(29(32)17-27)20-39-14-12-37(2)13-15-39/h4,6,8-9,16-19,28H,10-15,20-21H2,1-3H3,(H,35,40)(H,33,34,36). The second-order valence-corrected chi connectivity index (χ2v) is 10.8. The van der Waals surface area contributed by atoms with Crippen LogP contribution < -0.4 is 10.6 Å². The molecule has 1 unspecified atom stereocenters. The number of carbonyl (C=O) groups is 1. The van der Waals surface area contributed by atoms with E-state index in [0.717, 1.165) is 56.8 Å². The average molecular weight is 542 g/mol. The summed E-state index contributed by atoms with van der Waals surface area (Å²) in [5, 5.41) is 6.18. The molecule has 5 rings (SSSR count). The predicted octanol–water partition coefficient (Wildman–Crippen LogP) is 3.44. The van der Waals surface area contributed by atoms with Crippen molar-refractivity contribution >= 4 is 17.5 Å². The summed E-state index contributed by atoms with van der Waals surface area (Å²) in [7, 11) is 4.20. The monoisotopic (exact) mass is 541 g/mol. The Labute approximate surface area is 235 Å². The highest BCUT2D eigenvalue weighted by Gasteiger charge is 2.20. The van der Waals surface area contributed by atoms with Crippen molar-refractivity contribution in [1.29, 1.82) is 0 Å². The van der Waals surface area contributed by atoms with Gasteiger partial charge in [-0.1, -0.05) is 24.0 Å². The molecule has 1 aromatic heterocycles. The third-order valence-electron chi connectivity index (χ3n) is 7.52. The molecule has 2 aliphatic rings. The first kappa shape index (κ1) is 27.7. The molecule has 0 spiro atoms. The van der Waals surface area contributed by atoms with Crippen LogP contribution in [-0.4, -0.2) is 90.0 Å². The summed E-state index contributed by atoms with van der Waals surface area (Å²) in [5.41, 5.74) is 3.89. The van der Waals surface area contributed by atoms with Crippen LogP contribution in [0.1, 0.15) is 39.0 Å². The molecule has 9 heteroatoms. The first-order valence-corrected chi connectivity index (χ1v) is 13.7. The fourth-order valence-corrected chi connectivity index (χ4v) is 4.94. The van der Waals surface area contributed by atoms with Gasteiger partial charge in [0, 0.05) is 80.1 Å². The molecule has 3 aromatic rings. The lowest BCUT2D eigenvalue weighted by Crippen LogP contribution is -2.44. The van der Waals surface area contributed by atoms with Gasteiger partial charge >= 0.3 is 0 Å². The first-order chi connectivity index (χ1) is 19.3. The number of nitrogens with one attached hydrogen (secondary N) is 2. The van der Waals surface area contributed by atoms with E-state index in [-0.39, 0.29) is 11.7 Å². The van der Waals surface area contributed by atoms with Gasteiger partial charge in [-0.05, 0) is 63.8 Å². The van der Waals surface area contributed by atoms with E-state index >= 15 is 0 Å². The highest BCUT2D eigenvalue weighted by Crippen LogP contribution is 2.19. The van der Waals surface area contributed by atoms with Crippen molar-refractivity contribution in [2.45, 2.75) is 25.9 Å². The van der Waals surface area contributed by atoms with Gasteiger partial charge in [-0.25, -0.2) is 14.4 Å². The van der Waals surface area contributed by atoms with E-state index in [0.29, 0.717) is 40.9 Å². The Balaban J connectivity index is 1.21. The number of piperazine rings is 1. The lowest BCUT2D eigenvalue weighted by molar-refractivity contribution is 0.102. The van der Waals surface area contributed by atoms with Crippen LogP contribution in [0, 0.1) is 24.6 Å². The van der Waals surface area contributed by atoms with Crippen molar-refractivity contribution in [1.82, 2.24) is 24.7 Å². The van der Waals surface area contributed by atoms with Crippen LogP contribution >= 0.6 is 0 Å². The van der Waals surface area contributed by atoms with Crippen molar-refractivity contribution in [3.63, 3.8) is 0 Å². The maximum absolute atomic E-state index is 14.8. The summed E-state index contributed by atoms with van der Waals surface area (Å²) in [4.78, 5) is 28.6. The summed E-state index contributed by atoms with van der Waals surface area (Å²) in [5.74, 6) is 6.21. The molecule has 2 saturated heterocycles. The molecule has 0 bridgehead atoms. The maximum Gasteiger partial charge on any atom is 0.255 e. The van der Waals surface area contributed by atoms with E-state index in [1.165, 1.54) is 6.07 Å². The van der Waals surface area contributed by atoms with Crippen LogP contribution in [0.2, 0.25) is 0 Å². The Morgan fingerprint density at radius 1 is 1.00 bits per heavy atom. The Kier molecular flexibility index (Phi) is 8.70. The van der Waals surface area contributed by atoms with Crippen molar-refractivity contribution in [2.24, 2.45) is 0 Å². The number of nitrogens with zero attached hydrogens (tertiary/aromatic N) is 5. The Bertz CT molecular complexity index is 1410. The zero-order valence-corrected chi connectivity index (χ0v) is 23.4. The fourth-order valence-electron chi connectivity index (χ4n) is 4.94. The number of hydrogen-bond acceptors (Lipinski definition) is 7. The second kappa shape index (κ2) is 12.6. The summed E-state index contributed by atoms with van der Waals surface area (Å²) in [6.45, 7) is 8.35. The molecule has 2 aromatic carbocycles. The molecular weight excluding hydrogens is 505 g/mol. The van der Waals surface area contributed by atoms with Gasteiger partial charge in [0.15, 0.2) is 0 Å². The lowest BCUT2D eigenvalue weighted by Gasteiger charge is -2.32. The topological polar surface area (TPSA) is 76.6 Å². The van der Waals surface area contributed by atoms with E-state index in [9.17, 15) is 9.18 Å². The van der Waals surface area contributed by atoms with Gasteiger partial charge < -0.3 is 20.4 Å². The van der Waals surface area contributed by atoms with Crippen LogP contribution in [0.4, 0.5) is 16.0 Å². The molecule has 1 atom stereocenters. The van der Waals surface area contributed by atoms with Gasteiger partial charge in [-0.2, -0.15) is 0 Å². The molecule has 40 heavy (non-hydrogen) atoms. The number of amides is 1. The van der Waals surface area contributed by atoms with Crippen molar-refractivity contribution in [2.75, 3.05) is 64.0 Å². The van der Waals surface area contributed by atoms with Crippen molar-refractivity contribution < 1.29 is 9.18 Å². The van der Waals surface area contributed by atoms with E-state index in [4.69, 9.17) is 0 Å². The Morgan fingerprint density at radius 2 is 1.77 bits per heavy atom. The van der Waals surface area contributed by atoms with Crippen LogP contribution in [0.25, 0.3) is 0 Å². The smallest absolute Gasteiger partial charge is 0.255 e. The SMILES string of the molecule is Cc1ccc(C(=O)Nc2ccc(CN3CCN(C)CC3)c(F)c2)cc1C#Cc1cnc(NC2CCN(C)C2)nc1. The van der Waals surface area contributed by atoms with E-state index in [1.54, 1.807) is 36.7 Å². The highest BCUT2D eigenvalue weighted by atomic mass is 19.1. The second-order valence-electron chi connectivity index (χ2n) is 10.8. The van der Waals surface area contributed by atoms with Crippen LogP contribution in [-0.2, 0) is 6.54 Å². The first-order valence-electron chi connectivity index (χ1n) is 13.7. The van der Waals surface area contributed by atoms with E-state index in [2.05, 4.69) is 61.2 Å². The Hall–Kier alpha value is -3.84. The van der Waals surface area contributed by atoms with Crippen LogP contribution in [0.15, 0.2) is 48.8 Å². The molecule has 8 nitrogen and oxygen atoms in total. The van der Waals surface area contributed by atoms with Crippen molar-refractivity contribution in [3.8, 4) is 11.8 Å². The molecule has 0 aliphatic carbocycles. The molecule has 2 fully saturated rings. The third kappa shape index (κ3) is 7.21. The van der Waals surface area contributed by atoms with Gasteiger partial charge in [0.2, 0.25) is 5.95 Å². The fraction of sp³-hybridized carbons (Fsp3) is 0.387. The molecular formula is C31H36FN7O. The minimum absolute atomic E-state index is 0.314. The van der Waals surface area contributed by atoms with Gasteiger partial charge in [0.1, 0.15) is 5.82 Å². The van der Waals surface area contributed by atoms with Gasteiger partial charge in [0.25, 0.3) is 5.91 Å². The number of likely N-dealkylation sites (N-methyl/N-ethyl adjacent to an activating group) is 2. The molecule has 0 radical (unpaired) electrons. The molecule has 2 N–H and O–H groups in total. The van der Waals surface area contributed by atoms with Crippen LogP contribution in [0.3, 0.4) is 0 Å². The number of benzene rings is 2. The number of anilines is 2. The van der Waals surface area contributed by atoms with Crippen molar-refractivity contribution in [3.05, 3.63) is 82.4 Å². The zero-order chi connectivity index (χ0) is 28.1. The summed E-state index contributed by atoms with van der Waals surface area (Å²) < 4.78 is 14.8. The average Bonchev–Trinajstić information content (AvgIpc) is 3.36. The Morgan fingerprint density at radius 3 is 2.48 bits per heavy atom. The largest absolute Gasteiger partial charge is 0.350 e. The summed E-state index contributed by atoms with van der Waals surface area (Å²) in [6, 6.07) is 10.6. The highest BCUT2D eigenvalue weighted by molar-refractivity contribution is 6.04. The number of carbonyl (C=O) groups excluding carboxylic acids is 1. The van der Waals surface area contributed by atoms with Gasteiger partial charge in [-0.15, -0.1) is 0 Å². The molecule has 208 valence electrons. The number of likely N-dealkylation sites (tertiary alicyclic amines) is 1. The van der Waals surface area contributed by atoms with E-state index in [1.807, 2.05) is 13.0 Å². The quantitative estimate of drug-likeness (QED) is 0.463. The van der Waals surface area contributed by atoms with E-state index < -0.39 is 0 Å². The number of rotatable bonds is 6. The van der Waals surface area contributed by atoms with Gasteiger partial charge in [0.05, 0.1) is 5.56 Å². The third-order valence-corrected chi connectivity index (χ3v) is 7.52. The molecule has 0 saturated carbocycles. The number of hydrogen-bond donors (Lipinski definition) is 2. The lowest BCUT2D eigenvalue weighted by atomic mass is 10.0.